The number of hydrogen-bond donors (Lipinski definition) is 2. The molecule has 0 saturated carbocycles. The van der Waals surface area contributed by atoms with E-state index in [9.17, 15) is 9.59 Å². The molecule has 1 heterocycles. The topological polar surface area (TPSA) is 113 Å². The van der Waals surface area contributed by atoms with Gasteiger partial charge in [0.05, 0.1) is 6.42 Å². The number of benzene rings is 1. The van der Waals surface area contributed by atoms with Gasteiger partial charge in [0.1, 0.15) is 0 Å². The van der Waals surface area contributed by atoms with Crippen molar-refractivity contribution in [2.45, 2.75) is 6.42 Å². The van der Waals surface area contributed by atoms with E-state index in [0.717, 1.165) is 0 Å². The summed E-state index contributed by atoms with van der Waals surface area (Å²) < 4.78 is 0. The molecule has 0 unspecified atom stereocenters. The summed E-state index contributed by atoms with van der Waals surface area (Å²) in [4.78, 5) is 21.7. The Hall–Kier alpha value is -1.96. The van der Waals surface area contributed by atoms with Gasteiger partial charge in [-0.25, -0.2) is 4.79 Å². The molecule has 0 aliphatic rings. The molecule has 0 aliphatic heterocycles. The normalized spacial score (nSPS) is 9.68. The summed E-state index contributed by atoms with van der Waals surface area (Å²) in [6.45, 7) is 0. The number of carboxylic acids is 2. The van der Waals surface area contributed by atoms with E-state index in [-0.39, 0.29) is 39.9 Å². The molecule has 1 aromatic heterocycles. The zero-order valence-corrected chi connectivity index (χ0v) is 10.9. The largest absolute Gasteiger partial charge is 1.00 e. The van der Waals surface area contributed by atoms with Crippen LogP contribution in [0.3, 0.4) is 0 Å². The Bertz CT molecular complexity index is 598. The molecule has 0 amide bonds. The summed E-state index contributed by atoms with van der Waals surface area (Å²) in [6.07, 6.45) is 1.05. The van der Waals surface area contributed by atoms with Crippen LogP contribution in [0, 0.1) is 0 Å². The van der Waals surface area contributed by atoms with Gasteiger partial charge in [-0.1, -0.05) is 10.8 Å². The Morgan fingerprint density at radius 2 is 2.00 bits per heavy atom. The molecule has 0 atom stereocenters. The molecular weight excluding hydrogens is 346 g/mol. The Balaban J connectivity index is 0.00000180. The first-order valence-corrected chi connectivity index (χ1v) is 4.97. The molecule has 102 valence electrons. The van der Waals surface area contributed by atoms with Crippen LogP contribution in [0.15, 0.2) is 24.4 Å². The van der Waals surface area contributed by atoms with Crippen molar-refractivity contribution in [3.63, 3.8) is 0 Å². The molecule has 0 spiro atoms. The van der Waals surface area contributed by atoms with Gasteiger partial charge in [0.2, 0.25) is 0 Å². The quantitative estimate of drug-likeness (QED) is 0.610. The Kier molecular flexibility index (Phi) is 4.99. The Labute approximate surface area is 123 Å². The predicted octanol–water partition coefficient (Wildman–Crippen LogP) is 0.580. The fraction of sp³-hybridized carbons (Fsp3) is 0.0909. The van der Waals surface area contributed by atoms with Gasteiger partial charge in [-0.3, -0.25) is 4.79 Å². The van der Waals surface area contributed by atoms with Gasteiger partial charge >= 0.3 is 34.3 Å². The maximum Gasteiger partial charge on any atom is 1.00 e. The molecule has 2 N–H and O–H groups in total. The second-order valence-electron chi connectivity index (χ2n) is 3.57. The minimum atomic E-state index is -1.16. The fourth-order valence-corrected chi connectivity index (χ4v) is 1.58. The van der Waals surface area contributed by atoms with Gasteiger partial charge in [0, 0.05) is 17.5 Å². The van der Waals surface area contributed by atoms with Gasteiger partial charge < -0.3 is 10.2 Å². The first-order chi connectivity index (χ1) is 8.58. The van der Waals surface area contributed by atoms with E-state index in [1.54, 1.807) is 6.07 Å². The standard InChI is InChI=1S/C11H8N3O4.Ag/c15-10(16)4-7-3-6(9-5-12-14-13-9)1-2-8(7)11(17)18;/h1-3,5H,4H2,(H,15,16)(H,17,18);/q-1;+1. The van der Waals surface area contributed by atoms with Crippen molar-refractivity contribution in [1.82, 2.24) is 15.4 Å². The van der Waals surface area contributed by atoms with Crippen LogP contribution in [0.2, 0.25) is 0 Å². The SMILES string of the molecule is O=C(O)Cc1cc(-[c-]2cnnn2)ccc1C(=O)O.[Ag+]. The number of carboxylic acid groups (broad SMARTS) is 2. The maximum absolute atomic E-state index is 11.0. The third kappa shape index (κ3) is 3.50. The number of aliphatic carboxylic acids is 1. The third-order valence-corrected chi connectivity index (χ3v) is 2.36. The van der Waals surface area contributed by atoms with Gasteiger partial charge in [-0.2, -0.15) is 27.9 Å². The van der Waals surface area contributed by atoms with Crippen molar-refractivity contribution in [3.05, 3.63) is 35.5 Å². The van der Waals surface area contributed by atoms with Crippen molar-refractivity contribution in [2.24, 2.45) is 0 Å². The van der Waals surface area contributed by atoms with E-state index in [2.05, 4.69) is 15.4 Å². The maximum atomic E-state index is 11.0. The van der Waals surface area contributed by atoms with E-state index in [4.69, 9.17) is 10.2 Å². The van der Waals surface area contributed by atoms with Crippen LogP contribution in [0.25, 0.3) is 11.3 Å². The molecule has 2 rings (SSSR count). The molecule has 0 aliphatic carbocycles. The summed E-state index contributed by atoms with van der Waals surface area (Å²) in [5.41, 5.74) is 1.24. The van der Waals surface area contributed by atoms with Gasteiger partial charge in [0.25, 0.3) is 0 Å². The minimum absolute atomic E-state index is 0. The molecule has 19 heavy (non-hydrogen) atoms. The second kappa shape index (κ2) is 6.28. The number of aromatic carboxylic acids is 1. The summed E-state index contributed by atoms with van der Waals surface area (Å²) >= 11 is 0. The van der Waals surface area contributed by atoms with Crippen LogP contribution in [0.1, 0.15) is 15.9 Å². The minimum Gasteiger partial charge on any atom is -0.481 e. The molecule has 2 aromatic rings. The first kappa shape index (κ1) is 15.1. The second-order valence-corrected chi connectivity index (χ2v) is 3.57. The summed E-state index contributed by atoms with van der Waals surface area (Å²) in [7, 11) is 0. The summed E-state index contributed by atoms with van der Waals surface area (Å²) in [6, 6.07) is 4.37. The van der Waals surface area contributed by atoms with Crippen molar-refractivity contribution < 1.29 is 42.2 Å². The van der Waals surface area contributed by atoms with Crippen LogP contribution in [-0.4, -0.2) is 37.6 Å². The van der Waals surface area contributed by atoms with Crippen LogP contribution in [-0.2, 0) is 33.6 Å². The molecular formula is C11H8AgN3O4. The van der Waals surface area contributed by atoms with Crippen molar-refractivity contribution in [1.29, 1.82) is 0 Å². The zero-order valence-electron chi connectivity index (χ0n) is 9.37. The number of rotatable bonds is 4. The average molecular weight is 354 g/mol. The smallest absolute Gasteiger partial charge is 0.481 e. The molecule has 0 saturated heterocycles. The molecule has 8 heteroatoms. The first-order valence-electron chi connectivity index (χ1n) is 4.97. The van der Waals surface area contributed by atoms with E-state index < -0.39 is 11.9 Å². The van der Waals surface area contributed by atoms with E-state index in [1.807, 2.05) is 0 Å². The van der Waals surface area contributed by atoms with Crippen LogP contribution in [0.5, 0.6) is 0 Å². The van der Waals surface area contributed by atoms with Gasteiger partial charge in [-0.15, -0.1) is 6.07 Å². The zero-order chi connectivity index (χ0) is 13.1. The van der Waals surface area contributed by atoms with Crippen molar-refractivity contribution >= 4 is 11.9 Å². The molecule has 0 radical (unpaired) electrons. The predicted molar refractivity (Wildman–Crippen MR) is 59.2 cm³/mol. The molecule has 0 bridgehead atoms. The monoisotopic (exact) mass is 353 g/mol. The molecule has 7 nitrogen and oxygen atoms in total. The van der Waals surface area contributed by atoms with Gasteiger partial charge in [-0.05, 0) is 0 Å². The molecule has 1 aromatic carbocycles. The van der Waals surface area contributed by atoms with E-state index >= 15 is 0 Å². The van der Waals surface area contributed by atoms with E-state index in [1.165, 1.54) is 18.3 Å². The number of hydrogen-bond acceptors (Lipinski definition) is 5. The Morgan fingerprint density at radius 3 is 2.53 bits per heavy atom. The van der Waals surface area contributed by atoms with Crippen molar-refractivity contribution in [2.75, 3.05) is 0 Å². The summed E-state index contributed by atoms with van der Waals surface area (Å²) in [5.74, 6) is -2.26. The number of carbonyl (C=O) groups is 2. The van der Waals surface area contributed by atoms with Gasteiger partial charge in [0.15, 0.2) is 0 Å². The Morgan fingerprint density at radius 1 is 1.26 bits per heavy atom. The van der Waals surface area contributed by atoms with E-state index in [0.29, 0.717) is 11.3 Å². The third-order valence-electron chi connectivity index (χ3n) is 2.36. The fourth-order valence-electron chi connectivity index (χ4n) is 1.58. The summed E-state index contributed by atoms with van der Waals surface area (Å²) in [5, 5.41) is 28.4. The van der Waals surface area contributed by atoms with Crippen LogP contribution in [0.4, 0.5) is 0 Å². The number of nitrogens with zero attached hydrogens (tertiary/aromatic N) is 3. The average Bonchev–Trinajstić information content (AvgIpc) is 2.81. The van der Waals surface area contributed by atoms with Crippen LogP contribution >= 0.6 is 0 Å². The van der Waals surface area contributed by atoms with Crippen LogP contribution < -0.4 is 0 Å². The molecule has 0 fully saturated rings. The number of aromatic nitrogens is 3. The van der Waals surface area contributed by atoms with Crippen molar-refractivity contribution in [3.8, 4) is 11.3 Å².